The van der Waals surface area contributed by atoms with Gasteiger partial charge in [-0.1, -0.05) is 0 Å². The third-order valence-electron chi connectivity index (χ3n) is 3.66. The summed E-state index contributed by atoms with van der Waals surface area (Å²) in [5, 5.41) is 4.85. The maximum absolute atomic E-state index is 11.8. The van der Waals surface area contributed by atoms with Crippen LogP contribution >= 0.6 is 0 Å². The average Bonchev–Trinajstić information content (AvgIpc) is 3.12. The van der Waals surface area contributed by atoms with Crippen LogP contribution in [0.15, 0.2) is 36.8 Å². The molecule has 1 N–H and O–H groups in total. The normalized spacial score (nSPS) is 20.8. The quantitative estimate of drug-likeness (QED) is 0.886. The van der Waals surface area contributed by atoms with Gasteiger partial charge >= 0.3 is 0 Å². The van der Waals surface area contributed by atoms with Crippen molar-refractivity contribution in [3.05, 3.63) is 53.6 Å². The zero-order valence-electron chi connectivity index (χ0n) is 11.6. The summed E-state index contributed by atoms with van der Waals surface area (Å²) in [5.41, 5.74) is 3.28. The van der Waals surface area contributed by atoms with Crippen LogP contribution < -0.4 is 4.72 Å². The lowest BCUT2D eigenvalue weighted by atomic mass is 10.2. The zero-order valence-corrected chi connectivity index (χ0v) is 12.4. The summed E-state index contributed by atoms with van der Waals surface area (Å²) in [6, 6.07) is 4.00. The molecule has 4 heterocycles. The topological polar surface area (TPSA) is 80.1 Å². The van der Waals surface area contributed by atoms with Gasteiger partial charge in [-0.15, -0.1) is 0 Å². The number of amides is 1. The van der Waals surface area contributed by atoms with Crippen molar-refractivity contribution in [2.75, 3.05) is 0 Å². The van der Waals surface area contributed by atoms with Crippen LogP contribution in [0.25, 0.3) is 5.03 Å². The lowest BCUT2D eigenvalue weighted by Gasteiger charge is -2.14. The Bertz CT molecular complexity index is 775. The number of nitrogens with one attached hydrogen (secondary N) is 1. The third kappa shape index (κ3) is 2.36. The molecule has 112 valence electrons. The van der Waals surface area contributed by atoms with Crippen molar-refractivity contribution in [2.24, 2.45) is 0 Å². The number of rotatable bonds is 3. The highest BCUT2D eigenvalue weighted by molar-refractivity contribution is 7.93. The third-order valence-corrected chi connectivity index (χ3v) is 4.74. The summed E-state index contributed by atoms with van der Waals surface area (Å²) < 4.78 is 15.6. The first-order valence-electron chi connectivity index (χ1n) is 6.82. The monoisotopic (exact) mass is 315 g/mol. The lowest BCUT2D eigenvalue weighted by Crippen LogP contribution is -2.18. The van der Waals surface area contributed by atoms with Crippen LogP contribution in [0.4, 0.5) is 0 Å². The Morgan fingerprint density at radius 3 is 2.77 bits per heavy atom. The lowest BCUT2D eigenvalue weighted by molar-refractivity contribution is -0.114. The van der Waals surface area contributed by atoms with Gasteiger partial charge in [0.05, 0.1) is 5.69 Å². The molecule has 2 aliphatic heterocycles. The number of hydrogen-bond acceptors (Lipinski definition) is 5. The molecule has 1 amide bonds. The minimum absolute atomic E-state index is 0.344. The number of aromatic nitrogens is 3. The average molecular weight is 315 g/mol. The summed E-state index contributed by atoms with van der Waals surface area (Å²) in [5.74, 6) is -0.344. The van der Waals surface area contributed by atoms with E-state index in [0.717, 1.165) is 30.9 Å². The van der Waals surface area contributed by atoms with Crippen LogP contribution in [0.1, 0.15) is 16.8 Å². The molecule has 1 unspecified atom stereocenters. The Kier molecular flexibility index (Phi) is 3.12. The molecule has 0 aromatic carbocycles. The minimum atomic E-state index is -1.51. The van der Waals surface area contributed by atoms with Gasteiger partial charge in [-0.3, -0.25) is 19.4 Å². The molecule has 2 aliphatic rings. The SMILES string of the molecule is O=C1C=C(n2cc3c(n2)CN(Cc2ccncc2)C3)S(=O)N1. The molecule has 1 atom stereocenters. The molecule has 2 aromatic heterocycles. The second-order valence-electron chi connectivity index (χ2n) is 5.26. The summed E-state index contributed by atoms with van der Waals surface area (Å²) in [6.07, 6.45) is 6.76. The maximum atomic E-state index is 11.8. The van der Waals surface area contributed by atoms with E-state index in [-0.39, 0.29) is 5.91 Å². The van der Waals surface area contributed by atoms with E-state index in [2.05, 4.69) is 19.7 Å². The molecule has 0 fully saturated rings. The van der Waals surface area contributed by atoms with Gasteiger partial charge in [0.1, 0.15) is 0 Å². The fraction of sp³-hybridized carbons (Fsp3) is 0.214. The summed E-state index contributed by atoms with van der Waals surface area (Å²) >= 11 is 0. The van der Waals surface area contributed by atoms with Crippen molar-refractivity contribution in [2.45, 2.75) is 19.6 Å². The van der Waals surface area contributed by atoms with Crippen molar-refractivity contribution < 1.29 is 9.00 Å². The van der Waals surface area contributed by atoms with Gasteiger partial charge in [-0.25, -0.2) is 8.89 Å². The molecule has 0 spiro atoms. The van der Waals surface area contributed by atoms with E-state index in [4.69, 9.17) is 0 Å². The van der Waals surface area contributed by atoms with Crippen LogP contribution in [0, 0.1) is 0 Å². The highest BCUT2D eigenvalue weighted by Crippen LogP contribution is 2.25. The smallest absolute Gasteiger partial charge is 0.258 e. The molecule has 2 aromatic rings. The van der Waals surface area contributed by atoms with E-state index in [0.29, 0.717) is 5.03 Å². The maximum Gasteiger partial charge on any atom is 0.258 e. The predicted molar refractivity (Wildman–Crippen MR) is 80.0 cm³/mol. The first kappa shape index (κ1) is 13.4. The summed E-state index contributed by atoms with van der Waals surface area (Å²) in [6.45, 7) is 2.37. The first-order chi connectivity index (χ1) is 10.7. The molecule has 0 saturated carbocycles. The molecular weight excluding hydrogens is 302 g/mol. The number of pyridine rings is 1. The number of carbonyl (C=O) groups is 1. The van der Waals surface area contributed by atoms with Crippen molar-refractivity contribution in [1.82, 2.24) is 24.4 Å². The van der Waals surface area contributed by atoms with Crippen LogP contribution in [-0.2, 0) is 35.4 Å². The number of nitrogens with zero attached hydrogens (tertiary/aromatic N) is 4. The van der Waals surface area contributed by atoms with E-state index < -0.39 is 11.0 Å². The summed E-state index contributed by atoms with van der Waals surface area (Å²) in [4.78, 5) is 17.5. The van der Waals surface area contributed by atoms with E-state index in [1.165, 1.54) is 11.6 Å². The van der Waals surface area contributed by atoms with Gasteiger partial charge in [0.25, 0.3) is 5.91 Å². The van der Waals surface area contributed by atoms with Gasteiger partial charge in [-0.05, 0) is 17.7 Å². The molecule has 0 radical (unpaired) electrons. The van der Waals surface area contributed by atoms with Gasteiger partial charge in [-0.2, -0.15) is 5.10 Å². The second-order valence-corrected chi connectivity index (χ2v) is 6.42. The largest absolute Gasteiger partial charge is 0.289 e. The molecule has 8 heteroatoms. The van der Waals surface area contributed by atoms with E-state index in [9.17, 15) is 9.00 Å². The fourth-order valence-corrected chi connectivity index (χ4v) is 3.50. The van der Waals surface area contributed by atoms with Crippen molar-refractivity contribution in [1.29, 1.82) is 0 Å². The Balaban J connectivity index is 1.50. The number of carbonyl (C=O) groups excluding carboxylic acids is 1. The van der Waals surface area contributed by atoms with Crippen molar-refractivity contribution in [3.8, 4) is 0 Å². The summed E-state index contributed by atoms with van der Waals surface area (Å²) in [7, 11) is -1.51. The van der Waals surface area contributed by atoms with E-state index in [1.807, 2.05) is 18.3 Å². The van der Waals surface area contributed by atoms with Gasteiger partial charge in [0.2, 0.25) is 0 Å². The molecular formula is C14H13N5O2S. The Morgan fingerprint density at radius 2 is 2.09 bits per heavy atom. The second kappa shape index (κ2) is 5.15. The van der Waals surface area contributed by atoms with Gasteiger partial charge in [0, 0.05) is 49.9 Å². The highest BCUT2D eigenvalue weighted by Gasteiger charge is 2.27. The highest BCUT2D eigenvalue weighted by atomic mass is 32.2. The molecule has 4 rings (SSSR count). The molecule has 22 heavy (non-hydrogen) atoms. The van der Waals surface area contributed by atoms with Crippen LogP contribution in [0.5, 0.6) is 0 Å². The van der Waals surface area contributed by atoms with E-state index >= 15 is 0 Å². The fourth-order valence-electron chi connectivity index (χ4n) is 2.68. The van der Waals surface area contributed by atoms with Gasteiger partial charge in [0.15, 0.2) is 16.0 Å². The van der Waals surface area contributed by atoms with Gasteiger partial charge < -0.3 is 0 Å². The number of hydrogen-bond donors (Lipinski definition) is 1. The van der Waals surface area contributed by atoms with Crippen molar-refractivity contribution in [3.63, 3.8) is 0 Å². The Labute approximate surface area is 129 Å². The Hall–Kier alpha value is -2.32. The first-order valence-corrected chi connectivity index (χ1v) is 7.97. The predicted octanol–water partition coefficient (Wildman–Crippen LogP) is 0.386. The molecule has 0 saturated heterocycles. The minimum Gasteiger partial charge on any atom is -0.289 e. The zero-order chi connectivity index (χ0) is 15.1. The van der Waals surface area contributed by atoms with Crippen LogP contribution in [-0.4, -0.2) is 29.8 Å². The molecule has 0 aliphatic carbocycles. The molecule has 0 bridgehead atoms. The standard InChI is InChI=1S/C14H13N5O2S/c20-13-5-14(22(21)17-13)19-8-11-7-18(9-12(11)16-19)6-10-1-3-15-4-2-10/h1-5,8H,6-7,9H2,(H,17,20). The Morgan fingerprint density at radius 1 is 1.27 bits per heavy atom. The van der Waals surface area contributed by atoms with Crippen molar-refractivity contribution >= 4 is 21.9 Å². The molecule has 7 nitrogen and oxygen atoms in total. The van der Waals surface area contributed by atoms with E-state index in [1.54, 1.807) is 17.1 Å². The number of fused-ring (bicyclic) bond motifs is 1. The van der Waals surface area contributed by atoms with Crippen LogP contribution in [0.3, 0.4) is 0 Å². The van der Waals surface area contributed by atoms with Crippen LogP contribution in [0.2, 0.25) is 0 Å².